The van der Waals surface area contributed by atoms with Gasteiger partial charge in [0, 0.05) is 12.1 Å². The van der Waals surface area contributed by atoms with Gasteiger partial charge in [-0.3, -0.25) is 4.79 Å². The first-order valence-corrected chi connectivity index (χ1v) is 13.0. The Labute approximate surface area is 209 Å². The molecule has 35 heavy (non-hydrogen) atoms. The lowest BCUT2D eigenvalue weighted by Gasteiger charge is -2.25. The lowest BCUT2D eigenvalue weighted by Crippen LogP contribution is -2.41. The van der Waals surface area contributed by atoms with Gasteiger partial charge in [0.05, 0.1) is 0 Å². The van der Waals surface area contributed by atoms with Crippen molar-refractivity contribution in [3.63, 3.8) is 0 Å². The SMILES string of the molecule is Cc1ccccc1-c1cc(CN(C)CCC2CCCCC2)ccc1C(=O)NC(CCCN)C(=O)O. The Morgan fingerprint density at radius 2 is 1.86 bits per heavy atom. The van der Waals surface area contributed by atoms with Crippen LogP contribution < -0.4 is 11.1 Å². The van der Waals surface area contributed by atoms with Gasteiger partial charge in [0.15, 0.2) is 0 Å². The first-order valence-electron chi connectivity index (χ1n) is 13.0. The van der Waals surface area contributed by atoms with E-state index in [4.69, 9.17) is 5.73 Å². The number of nitrogens with two attached hydrogens (primary N) is 1. The van der Waals surface area contributed by atoms with E-state index in [1.165, 1.54) is 38.5 Å². The second-order valence-corrected chi connectivity index (χ2v) is 10.0. The minimum Gasteiger partial charge on any atom is -0.480 e. The fourth-order valence-corrected chi connectivity index (χ4v) is 5.07. The maximum absolute atomic E-state index is 13.2. The van der Waals surface area contributed by atoms with Gasteiger partial charge in [-0.15, -0.1) is 0 Å². The van der Waals surface area contributed by atoms with Gasteiger partial charge >= 0.3 is 5.97 Å². The van der Waals surface area contributed by atoms with Crippen molar-refractivity contribution in [1.82, 2.24) is 10.2 Å². The fraction of sp³-hybridized carbons (Fsp3) is 0.517. The Morgan fingerprint density at radius 3 is 2.54 bits per heavy atom. The second-order valence-electron chi connectivity index (χ2n) is 10.0. The van der Waals surface area contributed by atoms with Gasteiger partial charge in [0.1, 0.15) is 6.04 Å². The van der Waals surface area contributed by atoms with Crippen LogP contribution in [0.25, 0.3) is 11.1 Å². The summed E-state index contributed by atoms with van der Waals surface area (Å²) in [5.41, 5.74) is 10.1. The number of carbonyl (C=O) groups is 2. The van der Waals surface area contributed by atoms with Crippen molar-refractivity contribution < 1.29 is 14.7 Å². The number of nitrogens with zero attached hydrogens (tertiary/aromatic N) is 1. The summed E-state index contributed by atoms with van der Waals surface area (Å²) in [5, 5.41) is 12.3. The Morgan fingerprint density at radius 1 is 1.11 bits per heavy atom. The lowest BCUT2D eigenvalue weighted by atomic mass is 9.87. The van der Waals surface area contributed by atoms with Crippen LogP contribution in [0.5, 0.6) is 0 Å². The number of carbonyl (C=O) groups excluding carboxylic acids is 1. The molecular formula is C29H41N3O3. The number of aliphatic carboxylic acids is 1. The van der Waals surface area contributed by atoms with Crippen LogP contribution in [-0.2, 0) is 11.3 Å². The molecular weight excluding hydrogens is 438 g/mol. The Hall–Kier alpha value is -2.70. The van der Waals surface area contributed by atoms with Crippen molar-refractivity contribution in [2.75, 3.05) is 20.1 Å². The number of carboxylic acid groups (broad SMARTS) is 1. The monoisotopic (exact) mass is 479 g/mol. The molecule has 1 aliphatic rings. The molecule has 0 saturated heterocycles. The van der Waals surface area contributed by atoms with Gasteiger partial charge in [-0.25, -0.2) is 4.79 Å². The maximum atomic E-state index is 13.2. The number of hydrogen-bond donors (Lipinski definition) is 3. The van der Waals surface area contributed by atoms with Crippen molar-refractivity contribution in [1.29, 1.82) is 0 Å². The number of carboxylic acids is 1. The average molecular weight is 480 g/mol. The molecule has 2 aromatic rings. The van der Waals surface area contributed by atoms with Gasteiger partial charge in [-0.05, 0) is 86.6 Å². The predicted octanol–water partition coefficient (Wildman–Crippen LogP) is 4.99. The highest BCUT2D eigenvalue weighted by molar-refractivity contribution is 6.02. The normalized spacial score (nSPS) is 15.2. The molecule has 1 aliphatic carbocycles. The van der Waals surface area contributed by atoms with E-state index in [1.54, 1.807) is 0 Å². The predicted molar refractivity (Wildman–Crippen MR) is 141 cm³/mol. The standard InChI is InChI=1S/C29H41N3O3/c1-21-9-6-7-12-24(21)26-19-23(20-32(2)18-16-22-10-4-3-5-11-22)14-15-25(26)28(33)31-27(29(34)35)13-8-17-30/h6-7,9,12,14-15,19,22,27H,3-5,8,10-11,13,16-18,20,30H2,1-2H3,(H,31,33)(H,34,35). The van der Waals surface area contributed by atoms with Crippen molar-refractivity contribution in [2.45, 2.75) is 70.9 Å². The summed E-state index contributed by atoms with van der Waals surface area (Å²) in [5.74, 6) is -0.563. The molecule has 1 saturated carbocycles. The van der Waals surface area contributed by atoms with Gasteiger partial charge in [-0.1, -0.05) is 62.4 Å². The van der Waals surface area contributed by atoms with E-state index >= 15 is 0 Å². The highest BCUT2D eigenvalue weighted by Crippen LogP contribution is 2.29. The van der Waals surface area contributed by atoms with Crippen molar-refractivity contribution >= 4 is 11.9 Å². The molecule has 0 aromatic heterocycles. The lowest BCUT2D eigenvalue weighted by molar-refractivity contribution is -0.139. The van der Waals surface area contributed by atoms with E-state index in [2.05, 4.69) is 23.3 Å². The molecule has 0 aliphatic heterocycles. The summed E-state index contributed by atoms with van der Waals surface area (Å²) in [7, 11) is 2.16. The number of nitrogens with one attached hydrogen (secondary N) is 1. The largest absolute Gasteiger partial charge is 0.480 e. The van der Waals surface area contributed by atoms with E-state index in [-0.39, 0.29) is 5.91 Å². The van der Waals surface area contributed by atoms with E-state index in [9.17, 15) is 14.7 Å². The molecule has 6 heteroatoms. The summed E-state index contributed by atoms with van der Waals surface area (Å²) in [6.45, 7) is 4.29. The van der Waals surface area contributed by atoms with Crippen LogP contribution in [-0.4, -0.2) is 48.1 Å². The number of rotatable bonds is 12. The summed E-state index contributed by atoms with van der Waals surface area (Å²) in [6.07, 6.45) is 8.92. The van der Waals surface area contributed by atoms with Crippen LogP contribution in [0.2, 0.25) is 0 Å². The average Bonchev–Trinajstić information content (AvgIpc) is 2.86. The number of amides is 1. The molecule has 0 bridgehead atoms. The van der Waals surface area contributed by atoms with E-state index in [1.807, 2.05) is 43.3 Å². The van der Waals surface area contributed by atoms with Gasteiger partial charge < -0.3 is 21.1 Å². The first-order chi connectivity index (χ1) is 16.9. The number of aryl methyl sites for hydroxylation is 1. The van der Waals surface area contributed by atoms with Crippen LogP contribution in [0, 0.1) is 12.8 Å². The van der Waals surface area contributed by atoms with E-state index < -0.39 is 12.0 Å². The van der Waals surface area contributed by atoms with Gasteiger partial charge in [0.25, 0.3) is 5.91 Å². The second kappa shape index (κ2) is 13.4. The summed E-state index contributed by atoms with van der Waals surface area (Å²) in [6, 6.07) is 12.9. The molecule has 2 aromatic carbocycles. The third-order valence-electron chi connectivity index (χ3n) is 7.16. The summed E-state index contributed by atoms with van der Waals surface area (Å²) < 4.78 is 0. The first kappa shape index (κ1) is 26.9. The van der Waals surface area contributed by atoms with Crippen LogP contribution in [0.4, 0.5) is 0 Å². The summed E-state index contributed by atoms with van der Waals surface area (Å²) >= 11 is 0. The van der Waals surface area contributed by atoms with Gasteiger partial charge in [0.2, 0.25) is 0 Å². The zero-order chi connectivity index (χ0) is 25.2. The Kier molecular flexibility index (Phi) is 10.3. The minimum absolute atomic E-state index is 0.307. The molecule has 1 unspecified atom stereocenters. The highest BCUT2D eigenvalue weighted by atomic mass is 16.4. The Bertz CT molecular complexity index is 985. The maximum Gasteiger partial charge on any atom is 0.326 e. The molecule has 3 rings (SSSR count). The molecule has 6 nitrogen and oxygen atoms in total. The van der Waals surface area contributed by atoms with E-state index in [0.717, 1.165) is 41.3 Å². The van der Waals surface area contributed by atoms with Crippen molar-refractivity contribution in [3.8, 4) is 11.1 Å². The van der Waals surface area contributed by atoms with Crippen LogP contribution in [0.1, 0.15) is 72.9 Å². The minimum atomic E-state index is -1.04. The molecule has 4 N–H and O–H groups in total. The van der Waals surface area contributed by atoms with Crippen molar-refractivity contribution in [2.24, 2.45) is 11.7 Å². The molecule has 0 heterocycles. The molecule has 1 amide bonds. The van der Waals surface area contributed by atoms with Crippen molar-refractivity contribution in [3.05, 3.63) is 59.2 Å². The smallest absolute Gasteiger partial charge is 0.326 e. The van der Waals surface area contributed by atoms with Crippen LogP contribution in [0.15, 0.2) is 42.5 Å². The molecule has 1 atom stereocenters. The number of benzene rings is 2. The highest BCUT2D eigenvalue weighted by Gasteiger charge is 2.23. The zero-order valence-electron chi connectivity index (χ0n) is 21.3. The summed E-state index contributed by atoms with van der Waals surface area (Å²) in [4.78, 5) is 27.3. The third-order valence-corrected chi connectivity index (χ3v) is 7.16. The molecule has 1 fully saturated rings. The zero-order valence-corrected chi connectivity index (χ0v) is 21.3. The Balaban J connectivity index is 1.80. The van der Waals surface area contributed by atoms with Gasteiger partial charge in [-0.2, -0.15) is 0 Å². The molecule has 190 valence electrons. The van der Waals surface area contributed by atoms with Crippen LogP contribution >= 0.6 is 0 Å². The third kappa shape index (κ3) is 7.91. The van der Waals surface area contributed by atoms with Crippen LogP contribution in [0.3, 0.4) is 0 Å². The quantitative estimate of drug-likeness (QED) is 0.399. The number of hydrogen-bond acceptors (Lipinski definition) is 4. The topological polar surface area (TPSA) is 95.7 Å². The molecule has 0 radical (unpaired) electrons. The van der Waals surface area contributed by atoms with E-state index in [0.29, 0.717) is 24.9 Å². The molecule has 0 spiro atoms. The fourth-order valence-electron chi connectivity index (χ4n) is 5.07.